The van der Waals surface area contributed by atoms with E-state index in [1.165, 1.54) is 0 Å². The molecule has 0 saturated carbocycles. The van der Waals surface area contributed by atoms with Gasteiger partial charge in [-0.15, -0.1) is 0 Å². The molecule has 0 bridgehead atoms. The molecule has 23 heavy (non-hydrogen) atoms. The Bertz CT molecular complexity index is 899. The van der Waals surface area contributed by atoms with E-state index in [2.05, 4.69) is 5.32 Å². The monoisotopic (exact) mass is 328 g/mol. The Morgan fingerprint density at radius 2 is 2.00 bits per heavy atom. The largest absolute Gasteiger partial charge is 0.495 e. The number of carbonyl (C=O) groups excluding carboxylic acids is 1. The predicted molar refractivity (Wildman–Crippen MR) is 93.6 cm³/mol. The van der Waals surface area contributed by atoms with Crippen LogP contribution in [-0.2, 0) is 7.05 Å². The number of aryl methyl sites for hydroxylation is 2. The first-order valence-electron chi connectivity index (χ1n) is 7.21. The number of carbonyl (C=O) groups is 1. The molecule has 0 fully saturated rings. The molecule has 118 valence electrons. The molecule has 0 aliphatic carbocycles. The third kappa shape index (κ3) is 2.78. The Morgan fingerprint density at radius 1 is 1.26 bits per heavy atom. The van der Waals surface area contributed by atoms with Gasteiger partial charge in [0.25, 0.3) is 5.91 Å². The summed E-state index contributed by atoms with van der Waals surface area (Å²) in [5.41, 5.74) is 3.11. The van der Waals surface area contributed by atoms with Crippen LogP contribution in [0.25, 0.3) is 10.9 Å². The number of rotatable bonds is 3. The van der Waals surface area contributed by atoms with E-state index >= 15 is 0 Å². The van der Waals surface area contributed by atoms with Gasteiger partial charge in [-0.1, -0.05) is 29.8 Å². The van der Waals surface area contributed by atoms with Gasteiger partial charge >= 0.3 is 0 Å². The normalized spacial score (nSPS) is 10.8. The Labute approximate surface area is 139 Å². The minimum absolute atomic E-state index is 0.179. The van der Waals surface area contributed by atoms with Gasteiger partial charge in [0, 0.05) is 35.2 Å². The molecular formula is C18H17ClN2O2. The summed E-state index contributed by atoms with van der Waals surface area (Å²) in [6.07, 6.45) is 1.83. The summed E-state index contributed by atoms with van der Waals surface area (Å²) >= 11 is 6.10. The molecule has 0 radical (unpaired) electrons. The van der Waals surface area contributed by atoms with Crippen molar-refractivity contribution in [1.29, 1.82) is 0 Å². The van der Waals surface area contributed by atoms with Crippen LogP contribution >= 0.6 is 11.6 Å². The highest BCUT2D eigenvalue weighted by molar-refractivity contribution is 6.31. The zero-order valence-corrected chi connectivity index (χ0v) is 13.9. The lowest BCUT2D eigenvalue weighted by atomic mass is 10.1. The van der Waals surface area contributed by atoms with Crippen LogP contribution in [0.15, 0.2) is 42.6 Å². The van der Waals surface area contributed by atoms with Crippen LogP contribution in [0.1, 0.15) is 15.9 Å². The maximum atomic E-state index is 12.7. The number of nitrogens with one attached hydrogen (secondary N) is 1. The first-order valence-corrected chi connectivity index (χ1v) is 7.58. The van der Waals surface area contributed by atoms with Gasteiger partial charge in [0.05, 0.1) is 18.4 Å². The molecule has 0 spiro atoms. The van der Waals surface area contributed by atoms with E-state index in [-0.39, 0.29) is 5.91 Å². The van der Waals surface area contributed by atoms with Gasteiger partial charge < -0.3 is 14.6 Å². The van der Waals surface area contributed by atoms with Gasteiger partial charge in [0.15, 0.2) is 0 Å². The van der Waals surface area contributed by atoms with Crippen molar-refractivity contribution in [2.75, 3.05) is 12.4 Å². The highest BCUT2D eigenvalue weighted by atomic mass is 35.5. The van der Waals surface area contributed by atoms with Gasteiger partial charge in [0.2, 0.25) is 0 Å². The molecule has 2 aromatic carbocycles. The van der Waals surface area contributed by atoms with E-state index in [1.54, 1.807) is 13.2 Å². The number of para-hydroxylation sites is 1. The van der Waals surface area contributed by atoms with E-state index in [0.717, 1.165) is 16.5 Å². The van der Waals surface area contributed by atoms with Crippen molar-refractivity contribution in [1.82, 2.24) is 4.57 Å². The number of aromatic nitrogens is 1. The minimum Gasteiger partial charge on any atom is -0.495 e. The van der Waals surface area contributed by atoms with E-state index in [4.69, 9.17) is 16.3 Å². The number of methoxy groups -OCH3 is 1. The van der Waals surface area contributed by atoms with Crippen molar-refractivity contribution in [3.05, 3.63) is 58.7 Å². The predicted octanol–water partition coefficient (Wildman–Crippen LogP) is 4.40. The van der Waals surface area contributed by atoms with E-state index in [0.29, 0.717) is 22.0 Å². The maximum Gasteiger partial charge on any atom is 0.257 e. The molecule has 0 unspecified atom stereocenters. The van der Waals surface area contributed by atoms with Crippen molar-refractivity contribution >= 4 is 34.1 Å². The van der Waals surface area contributed by atoms with Crippen LogP contribution in [0, 0.1) is 6.92 Å². The molecule has 1 aromatic heterocycles. The highest BCUT2D eigenvalue weighted by Crippen LogP contribution is 2.32. The summed E-state index contributed by atoms with van der Waals surface area (Å²) in [6, 6.07) is 11.3. The fourth-order valence-electron chi connectivity index (χ4n) is 2.64. The van der Waals surface area contributed by atoms with E-state index < -0.39 is 0 Å². The summed E-state index contributed by atoms with van der Waals surface area (Å²) in [5, 5.41) is 4.43. The lowest BCUT2D eigenvalue weighted by Gasteiger charge is -2.12. The standard InChI is InChI=1S/C18H17ClN2O2/c1-11-8-15(17(23-3)9-14(11)19)20-18(22)13-10-21(2)16-7-5-4-6-12(13)16/h4-10H,1-3H3,(H,20,22). The molecule has 1 amide bonds. The smallest absolute Gasteiger partial charge is 0.257 e. The van der Waals surface area contributed by atoms with Crippen LogP contribution in [-0.4, -0.2) is 17.6 Å². The quantitative estimate of drug-likeness (QED) is 0.774. The number of hydrogen-bond acceptors (Lipinski definition) is 2. The number of benzene rings is 2. The maximum absolute atomic E-state index is 12.7. The molecule has 1 heterocycles. The summed E-state index contributed by atoms with van der Waals surface area (Å²) < 4.78 is 7.25. The van der Waals surface area contributed by atoms with Gasteiger partial charge in [-0.3, -0.25) is 4.79 Å². The Balaban J connectivity index is 2.00. The number of anilines is 1. The summed E-state index contributed by atoms with van der Waals surface area (Å²) in [7, 11) is 3.47. The first-order chi connectivity index (χ1) is 11.0. The van der Waals surface area contributed by atoms with Crippen molar-refractivity contribution in [2.45, 2.75) is 6.92 Å². The average molecular weight is 329 g/mol. The molecule has 4 nitrogen and oxygen atoms in total. The summed E-state index contributed by atoms with van der Waals surface area (Å²) in [5.74, 6) is 0.357. The second kappa shape index (κ2) is 5.97. The first kappa shape index (κ1) is 15.4. The van der Waals surface area contributed by atoms with Crippen molar-refractivity contribution in [3.8, 4) is 5.75 Å². The van der Waals surface area contributed by atoms with Crippen LogP contribution in [0.5, 0.6) is 5.75 Å². The van der Waals surface area contributed by atoms with E-state index in [9.17, 15) is 4.79 Å². The Hall–Kier alpha value is -2.46. The Morgan fingerprint density at radius 3 is 2.74 bits per heavy atom. The highest BCUT2D eigenvalue weighted by Gasteiger charge is 2.16. The topological polar surface area (TPSA) is 43.3 Å². The molecule has 0 atom stereocenters. The van der Waals surface area contributed by atoms with Crippen molar-refractivity contribution in [2.24, 2.45) is 7.05 Å². The number of halogens is 1. The molecule has 3 aromatic rings. The molecule has 3 rings (SSSR count). The lowest BCUT2D eigenvalue weighted by Crippen LogP contribution is -2.12. The third-order valence-corrected chi connectivity index (χ3v) is 4.28. The van der Waals surface area contributed by atoms with Crippen LogP contribution in [0.3, 0.4) is 0 Å². The van der Waals surface area contributed by atoms with Crippen LogP contribution in [0.2, 0.25) is 5.02 Å². The fourth-order valence-corrected chi connectivity index (χ4v) is 2.80. The lowest BCUT2D eigenvalue weighted by molar-refractivity contribution is 0.102. The van der Waals surface area contributed by atoms with E-state index in [1.807, 2.05) is 55.1 Å². The van der Waals surface area contributed by atoms with Gasteiger partial charge in [-0.05, 0) is 24.6 Å². The molecule has 5 heteroatoms. The number of amides is 1. The van der Waals surface area contributed by atoms with Crippen LogP contribution in [0.4, 0.5) is 5.69 Å². The molecule has 0 saturated heterocycles. The number of nitrogens with zero attached hydrogens (tertiary/aromatic N) is 1. The fraction of sp³-hybridized carbons (Fsp3) is 0.167. The molecular weight excluding hydrogens is 312 g/mol. The molecule has 0 aliphatic heterocycles. The van der Waals surface area contributed by atoms with Gasteiger partial charge in [-0.2, -0.15) is 0 Å². The second-order valence-corrected chi connectivity index (χ2v) is 5.83. The zero-order valence-electron chi connectivity index (χ0n) is 13.2. The molecule has 1 N–H and O–H groups in total. The third-order valence-electron chi connectivity index (χ3n) is 3.87. The number of ether oxygens (including phenoxy) is 1. The summed E-state index contributed by atoms with van der Waals surface area (Å²) in [6.45, 7) is 1.88. The van der Waals surface area contributed by atoms with Gasteiger partial charge in [-0.25, -0.2) is 0 Å². The number of hydrogen-bond donors (Lipinski definition) is 1. The SMILES string of the molecule is COc1cc(Cl)c(C)cc1NC(=O)c1cn(C)c2ccccc12. The van der Waals surface area contributed by atoms with Crippen LogP contribution < -0.4 is 10.1 Å². The molecule has 0 aliphatic rings. The Kier molecular flexibility index (Phi) is 4.01. The van der Waals surface area contributed by atoms with Crippen molar-refractivity contribution in [3.63, 3.8) is 0 Å². The number of fused-ring (bicyclic) bond motifs is 1. The van der Waals surface area contributed by atoms with Gasteiger partial charge in [0.1, 0.15) is 5.75 Å². The zero-order chi connectivity index (χ0) is 16.6. The average Bonchev–Trinajstić information content (AvgIpc) is 2.88. The summed E-state index contributed by atoms with van der Waals surface area (Å²) in [4.78, 5) is 12.7. The second-order valence-electron chi connectivity index (χ2n) is 5.43. The van der Waals surface area contributed by atoms with Crippen molar-refractivity contribution < 1.29 is 9.53 Å². The minimum atomic E-state index is -0.179.